The molecule has 0 atom stereocenters. The van der Waals surface area contributed by atoms with E-state index in [1.807, 2.05) is 56.8 Å². The average Bonchev–Trinajstić information content (AvgIpc) is 3.16. The van der Waals surface area contributed by atoms with Crippen LogP contribution in [0.15, 0.2) is 35.7 Å². The van der Waals surface area contributed by atoms with Crippen LogP contribution in [0.4, 0.5) is 5.69 Å². The Morgan fingerprint density at radius 2 is 2.08 bits per heavy atom. The van der Waals surface area contributed by atoms with Crippen LogP contribution in [0.25, 0.3) is 5.69 Å². The summed E-state index contributed by atoms with van der Waals surface area (Å²) in [5.41, 5.74) is 4.43. The molecule has 2 aromatic heterocycles. The summed E-state index contributed by atoms with van der Waals surface area (Å²) < 4.78 is 3.70. The monoisotopic (exact) mass is 389 g/mol. The highest BCUT2D eigenvalue weighted by molar-refractivity contribution is 7.99. The molecule has 3 rings (SSSR count). The van der Waals surface area contributed by atoms with Crippen molar-refractivity contribution in [3.05, 3.63) is 52.6 Å². The van der Waals surface area contributed by atoms with Gasteiger partial charge in [0, 0.05) is 24.5 Å². The number of anilines is 1. The SMILES string of the molecule is Cc1nn(C)c(C)c1NC(=O)CSc1nccn1-c1cccc(Cl)c1C. The first-order valence-corrected chi connectivity index (χ1v) is 9.46. The van der Waals surface area contributed by atoms with Gasteiger partial charge in [-0.3, -0.25) is 14.0 Å². The lowest BCUT2D eigenvalue weighted by Crippen LogP contribution is -2.15. The van der Waals surface area contributed by atoms with Crippen molar-refractivity contribution < 1.29 is 4.79 Å². The smallest absolute Gasteiger partial charge is 0.234 e. The van der Waals surface area contributed by atoms with Gasteiger partial charge in [-0.05, 0) is 38.5 Å². The summed E-state index contributed by atoms with van der Waals surface area (Å²) >= 11 is 7.60. The molecule has 0 saturated heterocycles. The van der Waals surface area contributed by atoms with Crippen LogP contribution < -0.4 is 5.32 Å². The van der Waals surface area contributed by atoms with E-state index in [0.29, 0.717) is 5.02 Å². The van der Waals surface area contributed by atoms with Gasteiger partial charge in [-0.25, -0.2) is 4.98 Å². The zero-order valence-electron chi connectivity index (χ0n) is 15.1. The number of aryl methyl sites for hydroxylation is 2. The Bertz CT molecular complexity index is 963. The topological polar surface area (TPSA) is 64.7 Å². The molecule has 0 aliphatic carbocycles. The molecule has 0 aliphatic rings. The van der Waals surface area contributed by atoms with E-state index in [2.05, 4.69) is 15.4 Å². The number of nitrogens with one attached hydrogen (secondary N) is 1. The molecule has 0 radical (unpaired) electrons. The molecule has 1 amide bonds. The summed E-state index contributed by atoms with van der Waals surface area (Å²) in [6.45, 7) is 5.77. The molecule has 0 aliphatic heterocycles. The van der Waals surface area contributed by atoms with Crippen LogP contribution in [0.1, 0.15) is 17.0 Å². The molecule has 1 aromatic carbocycles. The largest absolute Gasteiger partial charge is 0.322 e. The Morgan fingerprint density at radius 3 is 2.77 bits per heavy atom. The molecule has 3 aromatic rings. The molecule has 0 bridgehead atoms. The number of thioether (sulfide) groups is 1. The fourth-order valence-electron chi connectivity index (χ4n) is 2.70. The van der Waals surface area contributed by atoms with Crippen molar-refractivity contribution in [2.24, 2.45) is 7.05 Å². The molecule has 26 heavy (non-hydrogen) atoms. The van der Waals surface area contributed by atoms with Gasteiger partial charge in [0.1, 0.15) is 0 Å². The van der Waals surface area contributed by atoms with Crippen molar-refractivity contribution in [2.45, 2.75) is 25.9 Å². The van der Waals surface area contributed by atoms with Gasteiger partial charge in [0.25, 0.3) is 0 Å². The maximum absolute atomic E-state index is 12.4. The van der Waals surface area contributed by atoms with E-state index in [0.717, 1.165) is 33.5 Å². The molecule has 0 unspecified atom stereocenters. The molecular formula is C18H20ClN5OS. The third-order valence-corrected chi connectivity index (χ3v) is 5.59. The highest BCUT2D eigenvalue weighted by Gasteiger charge is 2.15. The number of carbonyl (C=O) groups is 1. The van der Waals surface area contributed by atoms with E-state index in [-0.39, 0.29) is 11.7 Å². The van der Waals surface area contributed by atoms with Crippen LogP contribution in [0, 0.1) is 20.8 Å². The predicted molar refractivity (Wildman–Crippen MR) is 105 cm³/mol. The van der Waals surface area contributed by atoms with E-state index in [1.54, 1.807) is 10.9 Å². The lowest BCUT2D eigenvalue weighted by Gasteiger charge is -2.11. The summed E-state index contributed by atoms with van der Waals surface area (Å²) in [7, 11) is 1.86. The van der Waals surface area contributed by atoms with Crippen molar-refractivity contribution in [3.63, 3.8) is 0 Å². The minimum absolute atomic E-state index is 0.0911. The zero-order chi connectivity index (χ0) is 18.8. The number of halogens is 1. The van der Waals surface area contributed by atoms with E-state index in [1.165, 1.54) is 11.8 Å². The van der Waals surface area contributed by atoms with Crippen molar-refractivity contribution in [2.75, 3.05) is 11.1 Å². The lowest BCUT2D eigenvalue weighted by atomic mass is 10.2. The summed E-state index contributed by atoms with van der Waals surface area (Å²) in [4.78, 5) is 16.7. The van der Waals surface area contributed by atoms with Gasteiger partial charge >= 0.3 is 0 Å². The Balaban J connectivity index is 1.72. The second kappa shape index (κ2) is 7.55. The van der Waals surface area contributed by atoms with Crippen LogP contribution in [-0.2, 0) is 11.8 Å². The number of imidazole rings is 1. The molecule has 2 heterocycles. The minimum Gasteiger partial charge on any atom is -0.322 e. The lowest BCUT2D eigenvalue weighted by molar-refractivity contribution is -0.113. The van der Waals surface area contributed by atoms with Crippen LogP contribution in [0.3, 0.4) is 0 Å². The zero-order valence-corrected chi connectivity index (χ0v) is 16.6. The van der Waals surface area contributed by atoms with E-state index >= 15 is 0 Å². The Morgan fingerprint density at radius 1 is 1.31 bits per heavy atom. The molecule has 8 heteroatoms. The van der Waals surface area contributed by atoms with Crippen LogP contribution >= 0.6 is 23.4 Å². The number of aromatic nitrogens is 4. The van der Waals surface area contributed by atoms with Crippen molar-refractivity contribution >= 4 is 35.0 Å². The normalized spacial score (nSPS) is 11.0. The average molecular weight is 390 g/mol. The molecule has 0 fully saturated rings. The summed E-state index contributed by atoms with van der Waals surface area (Å²) in [6, 6.07) is 5.74. The third-order valence-electron chi connectivity index (χ3n) is 4.21. The maximum Gasteiger partial charge on any atom is 0.234 e. The van der Waals surface area contributed by atoms with Gasteiger partial charge in [0.2, 0.25) is 5.91 Å². The molecule has 6 nitrogen and oxygen atoms in total. The molecule has 0 spiro atoms. The maximum atomic E-state index is 12.4. The first-order chi connectivity index (χ1) is 12.4. The van der Waals surface area contributed by atoms with Gasteiger partial charge in [-0.15, -0.1) is 0 Å². The second-order valence-corrected chi connectivity index (χ2v) is 7.32. The van der Waals surface area contributed by atoms with Crippen molar-refractivity contribution in [1.82, 2.24) is 19.3 Å². The van der Waals surface area contributed by atoms with E-state index in [9.17, 15) is 4.79 Å². The molecule has 136 valence electrons. The van der Waals surface area contributed by atoms with Gasteiger partial charge in [-0.2, -0.15) is 5.10 Å². The summed E-state index contributed by atoms with van der Waals surface area (Å²) in [5, 5.41) is 8.69. The second-order valence-electron chi connectivity index (χ2n) is 5.97. The van der Waals surface area contributed by atoms with Gasteiger partial charge in [-0.1, -0.05) is 29.4 Å². The number of nitrogens with zero attached hydrogens (tertiary/aromatic N) is 4. The summed E-state index contributed by atoms with van der Waals surface area (Å²) in [6.07, 6.45) is 3.59. The number of carbonyl (C=O) groups excluding carboxylic acids is 1. The van der Waals surface area contributed by atoms with Crippen molar-refractivity contribution in [3.8, 4) is 5.69 Å². The standard InChI is InChI=1S/C18H20ClN5OS/c1-11-14(19)6-5-7-15(11)24-9-8-20-18(24)26-10-16(25)21-17-12(2)22-23(4)13(17)3/h5-9H,10H2,1-4H3,(H,21,25). The third kappa shape index (κ3) is 3.64. The van der Waals surface area contributed by atoms with E-state index < -0.39 is 0 Å². The van der Waals surface area contributed by atoms with Crippen LogP contribution in [0.5, 0.6) is 0 Å². The fraction of sp³-hybridized carbons (Fsp3) is 0.278. The molecule has 0 saturated carbocycles. The van der Waals surface area contributed by atoms with Crippen LogP contribution in [0.2, 0.25) is 5.02 Å². The van der Waals surface area contributed by atoms with Gasteiger partial charge < -0.3 is 5.32 Å². The Labute approximate surface area is 161 Å². The summed E-state index contributed by atoms with van der Waals surface area (Å²) in [5.74, 6) is 0.163. The number of rotatable bonds is 5. The predicted octanol–water partition coefficient (Wildman–Crippen LogP) is 3.92. The van der Waals surface area contributed by atoms with E-state index in [4.69, 9.17) is 11.6 Å². The quantitative estimate of drug-likeness (QED) is 0.672. The van der Waals surface area contributed by atoms with Crippen molar-refractivity contribution in [1.29, 1.82) is 0 Å². The fourth-order valence-corrected chi connectivity index (χ4v) is 3.63. The highest BCUT2D eigenvalue weighted by atomic mass is 35.5. The Kier molecular flexibility index (Phi) is 5.38. The molecular weight excluding hydrogens is 370 g/mol. The van der Waals surface area contributed by atoms with Crippen LogP contribution in [-0.4, -0.2) is 31.0 Å². The first-order valence-electron chi connectivity index (χ1n) is 8.10. The Hall–Kier alpha value is -2.25. The number of amides is 1. The van der Waals surface area contributed by atoms with Gasteiger partial charge in [0.15, 0.2) is 5.16 Å². The molecule has 1 N–H and O–H groups in total. The van der Waals surface area contributed by atoms with Gasteiger partial charge in [0.05, 0.1) is 28.5 Å². The number of hydrogen-bond acceptors (Lipinski definition) is 4. The minimum atomic E-state index is -0.0911. The first kappa shape index (κ1) is 18.5. The number of hydrogen-bond donors (Lipinski definition) is 1. The number of benzene rings is 1. The highest BCUT2D eigenvalue weighted by Crippen LogP contribution is 2.27.